The van der Waals surface area contributed by atoms with Gasteiger partial charge in [0.2, 0.25) is 0 Å². The minimum absolute atomic E-state index is 0.106. The van der Waals surface area contributed by atoms with E-state index in [1.165, 1.54) is 257 Å². The van der Waals surface area contributed by atoms with E-state index >= 15 is 0 Å². The third kappa shape index (κ3) is 76.8. The van der Waals surface area contributed by atoms with Crippen LogP contribution in [-0.4, -0.2) is 96.7 Å². The second-order valence-electron chi connectivity index (χ2n) is 31.8. The van der Waals surface area contributed by atoms with Crippen LogP contribution in [0.2, 0.25) is 0 Å². The van der Waals surface area contributed by atoms with Crippen molar-refractivity contribution >= 4 is 39.5 Å². The molecular formula is C85H166O17P2. The van der Waals surface area contributed by atoms with Gasteiger partial charge in [0.1, 0.15) is 19.3 Å². The Morgan fingerprint density at radius 2 is 0.490 bits per heavy atom. The highest BCUT2D eigenvalue weighted by molar-refractivity contribution is 7.47. The molecule has 0 aliphatic rings. The minimum atomic E-state index is -4.97. The first kappa shape index (κ1) is 102. The Labute approximate surface area is 638 Å². The van der Waals surface area contributed by atoms with Crippen molar-refractivity contribution < 1.29 is 80.2 Å². The van der Waals surface area contributed by atoms with Gasteiger partial charge in [-0.3, -0.25) is 37.3 Å². The molecule has 0 fully saturated rings. The highest BCUT2D eigenvalue weighted by Crippen LogP contribution is 2.45. The maximum atomic E-state index is 13.1. The summed E-state index contributed by atoms with van der Waals surface area (Å²) in [5.74, 6) is 0.246. The fraction of sp³-hybridized carbons (Fsp3) is 0.953. The van der Waals surface area contributed by atoms with Gasteiger partial charge < -0.3 is 33.8 Å². The number of aliphatic hydroxyl groups excluding tert-OH is 1. The number of carbonyl (C=O) groups excluding carboxylic acids is 4. The highest BCUT2D eigenvalue weighted by atomic mass is 31.2. The van der Waals surface area contributed by atoms with E-state index in [-0.39, 0.29) is 25.7 Å². The molecule has 0 aromatic rings. The standard InChI is InChI=1S/C85H166O17P2/c1-8-10-11-12-13-14-15-16-17-18-19-20-21-22-23-26-30-40-47-54-61-68-84(89)101-80(72-95-82(87)66-59-52-45-38-29-27-24-25-28-35-42-49-56-63-76(3)4)74-99-103(91,92)97-70-79(86)71-98-104(93,94)100-75-81(73-96-83(88)67-60-53-46-39-33-31-36-43-50-57-64-77(5)6)102-85(90)69-62-55-48-41-34-32-37-44-51-58-65-78(7)9-2/h76-81,86H,8-75H2,1-7H3,(H,91,92)(H,93,94)/t78?,79-,80-,81-/m1/s1. The van der Waals surface area contributed by atoms with Gasteiger partial charge in [0.25, 0.3) is 0 Å². The number of ether oxygens (including phenoxy) is 4. The van der Waals surface area contributed by atoms with E-state index in [2.05, 4.69) is 48.5 Å². The highest BCUT2D eigenvalue weighted by Gasteiger charge is 2.30. The normalized spacial score (nSPS) is 14.2. The van der Waals surface area contributed by atoms with Crippen LogP contribution in [0, 0.1) is 17.8 Å². The summed E-state index contributed by atoms with van der Waals surface area (Å²) in [4.78, 5) is 73.2. The number of phosphoric acid groups is 2. The van der Waals surface area contributed by atoms with Crippen molar-refractivity contribution in [3.05, 3.63) is 0 Å². The van der Waals surface area contributed by atoms with Gasteiger partial charge in [0.05, 0.1) is 26.4 Å². The Kier molecular flexibility index (Phi) is 73.7. The van der Waals surface area contributed by atoms with Crippen molar-refractivity contribution in [3.8, 4) is 0 Å². The third-order valence-electron chi connectivity index (χ3n) is 20.2. The lowest BCUT2D eigenvalue weighted by Crippen LogP contribution is -2.30. The Hall–Kier alpha value is -1.94. The molecule has 0 spiro atoms. The molecule has 0 saturated heterocycles. The Bertz CT molecular complexity index is 2010. The van der Waals surface area contributed by atoms with Crippen molar-refractivity contribution in [2.45, 2.75) is 465 Å². The summed E-state index contributed by atoms with van der Waals surface area (Å²) in [5.41, 5.74) is 0. The molecule has 618 valence electrons. The van der Waals surface area contributed by atoms with E-state index in [0.717, 1.165) is 108 Å². The molecule has 0 aliphatic carbocycles. The van der Waals surface area contributed by atoms with Crippen LogP contribution in [0.4, 0.5) is 0 Å². The quantitative estimate of drug-likeness (QED) is 0.0222. The zero-order valence-corrected chi connectivity index (χ0v) is 70.3. The molecule has 0 saturated carbocycles. The van der Waals surface area contributed by atoms with Crippen LogP contribution in [0.25, 0.3) is 0 Å². The summed E-state index contributed by atoms with van der Waals surface area (Å²) >= 11 is 0. The molecule has 0 amide bonds. The average Bonchev–Trinajstić information content (AvgIpc) is 0.935. The molecule has 0 aromatic heterocycles. The SMILES string of the molecule is CCCCCCCCCCCCCCCCCCCCCCCC(=O)O[C@H](COC(=O)CCCCCCCCCCCCCCCC(C)C)COP(=O)(O)OC[C@@H](O)COP(=O)(O)OC[C@@H](COC(=O)CCCCCCCCCCCCC(C)C)OC(=O)CCCCCCCCCCCCC(C)CC. The van der Waals surface area contributed by atoms with Gasteiger partial charge in [0, 0.05) is 25.7 Å². The topological polar surface area (TPSA) is 237 Å². The minimum Gasteiger partial charge on any atom is -0.462 e. The first-order chi connectivity index (χ1) is 50.3. The van der Waals surface area contributed by atoms with Gasteiger partial charge in [-0.2, -0.15) is 0 Å². The van der Waals surface area contributed by atoms with Gasteiger partial charge in [-0.1, -0.05) is 395 Å². The number of aliphatic hydroxyl groups is 1. The van der Waals surface area contributed by atoms with Crippen LogP contribution in [-0.2, 0) is 65.4 Å². The van der Waals surface area contributed by atoms with Crippen molar-refractivity contribution in [2.24, 2.45) is 17.8 Å². The molecule has 0 rings (SSSR count). The Balaban J connectivity index is 5.26. The summed E-state index contributed by atoms with van der Waals surface area (Å²) in [7, 11) is -9.93. The molecule has 3 N–H and O–H groups in total. The molecule has 0 radical (unpaired) electrons. The maximum Gasteiger partial charge on any atom is 0.472 e. The van der Waals surface area contributed by atoms with E-state index in [4.69, 9.17) is 37.0 Å². The number of rotatable bonds is 83. The van der Waals surface area contributed by atoms with Crippen molar-refractivity contribution in [3.63, 3.8) is 0 Å². The predicted octanol–water partition coefficient (Wildman–Crippen LogP) is 25.7. The summed E-state index contributed by atoms with van der Waals surface area (Å²) in [5, 5.41) is 10.7. The molecule has 3 unspecified atom stereocenters. The maximum absolute atomic E-state index is 13.1. The van der Waals surface area contributed by atoms with E-state index in [1.54, 1.807) is 0 Å². The van der Waals surface area contributed by atoms with Crippen LogP contribution in [0.1, 0.15) is 447 Å². The number of unbranched alkanes of at least 4 members (excludes halogenated alkanes) is 50. The summed E-state index contributed by atoms with van der Waals surface area (Å²) in [6.45, 7) is 12.0. The van der Waals surface area contributed by atoms with Crippen LogP contribution in [0.3, 0.4) is 0 Å². The lowest BCUT2D eigenvalue weighted by molar-refractivity contribution is -0.161. The smallest absolute Gasteiger partial charge is 0.462 e. The van der Waals surface area contributed by atoms with Crippen LogP contribution < -0.4 is 0 Å². The first-order valence-electron chi connectivity index (χ1n) is 43.9. The molecular weight excluding hydrogens is 1350 g/mol. The second kappa shape index (κ2) is 75.1. The predicted molar refractivity (Wildman–Crippen MR) is 428 cm³/mol. The molecule has 0 aliphatic heterocycles. The number of hydrogen-bond donors (Lipinski definition) is 3. The average molecular weight is 1520 g/mol. The first-order valence-corrected chi connectivity index (χ1v) is 46.9. The van der Waals surface area contributed by atoms with Crippen LogP contribution in [0.15, 0.2) is 0 Å². The fourth-order valence-corrected chi connectivity index (χ4v) is 14.7. The Morgan fingerprint density at radius 1 is 0.279 bits per heavy atom. The lowest BCUT2D eigenvalue weighted by Gasteiger charge is -2.21. The van der Waals surface area contributed by atoms with Gasteiger partial charge in [-0.25, -0.2) is 9.13 Å². The van der Waals surface area contributed by atoms with Gasteiger partial charge in [-0.15, -0.1) is 0 Å². The van der Waals surface area contributed by atoms with E-state index in [9.17, 15) is 43.2 Å². The zero-order valence-electron chi connectivity index (χ0n) is 68.5. The van der Waals surface area contributed by atoms with E-state index in [0.29, 0.717) is 25.7 Å². The van der Waals surface area contributed by atoms with Gasteiger partial charge >= 0.3 is 39.5 Å². The number of carbonyl (C=O) groups is 4. The molecule has 19 heteroatoms. The summed E-state index contributed by atoms with van der Waals surface area (Å²) in [6, 6.07) is 0. The largest absolute Gasteiger partial charge is 0.472 e. The van der Waals surface area contributed by atoms with Gasteiger partial charge in [0.15, 0.2) is 12.2 Å². The second-order valence-corrected chi connectivity index (χ2v) is 34.7. The summed E-state index contributed by atoms with van der Waals surface area (Å²) in [6.07, 6.45) is 65.2. The van der Waals surface area contributed by atoms with Gasteiger partial charge in [-0.05, 0) is 43.4 Å². The summed E-state index contributed by atoms with van der Waals surface area (Å²) < 4.78 is 68.9. The number of hydrogen-bond acceptors (Lipinski definition) is 15. The Morgan fingerprint density at radius 3 is 0.731 bits per heavy atom. The molecule has 0 bridgehead atoms. The van der Waals surface area contributed by atoms with Crippen molar-refractivity contribution in [1.29, 1.82) is 0 Å². The van der Waals surface area contributed by atoms with E-state index < -0.39 is 97.5 Å². The van der Waals surface area contributed by atoms with E-state index in [1.807, 2.05) is 0 Å². The molecule has 6 atom stereocenters. The van der Waals surface area contributed by atoms with Crippen LogP contribution >= 0.6 is 15.6 Å². The number of phosphoric ester groups is 2. The molecule has 0 aromatic carbocycles. The third-order valence-corrected chi connectivity index (χ3v) is 22.1. The zero-order chi connectivity index (χ0) is 76.5. The van der Waals surface area contributed by atoms with Crippen molar-refractivity contribution in [1.82, 2.24) is 0 Å². The molecule has 17 nitrogen and oxygen atoms in total. The number of esters is 4. The fourth-order valence-electron chi connectivity index (χ4n) is 13.2. The van der Waals surface area contributed by atoms with Crippen LogP contribution in [0.5, 0.6) is 0 Å². The lowest BCUT2D eigenvalue weighted by atomic mass is 9.99. The van der Waals surface area contributed by atoms with Crippen molar-refractivity contribution in [2.75, 3.05) is 39.6 Å². The molecule has 0 heterocycles. The monoisotopic (exact) mass is 1520 g/mol. The molecule has 104 heavy (non-hydrogen) atoms.